The molecule has 1 aliphatic heterocycles. The Labute approximate surface area is 165 Å². The van der Waals surface area contributed by atoms with Crippen molar-refractivity contribution in [1.29, 1.82) is 0 Å². The quantitative estimate of drug-likeness (QED) is 0.577. The first kappa shape index (κ1) is 20.0. The van der Waals surface area contributed by atoms with Gasteiger partial charge >= 0.3 is 5.97 Å². The Morgan fingerprint density at radius 2 is 1.93 bits per heavy atom. The lowest BCUT2D eigenvalue weighted by Crippen LogP contribution is -2.21. The molecule has 1 unspecified atom stereocenters. The molecule has 1 aliphatic rings. The number of fused-ring (bicyclic) bond motifs is 1. The highest BCUT2D eigenvalue weighted by Gasteiger charge is 2.22. The Kier molecular flexibility index (Phi) is 6.37. The van der Waals surface area contributed by atoms with Crippen molar-refractivity contribution in [1.82, 2.24) is 0 Å². The van der Waals surface area contributed by atoms with Gasteiger partial charge in [-0.25, -0.2) is 0 Å². The van der Waals surface area contributed by atoms with Crippen molar-refractivity contribution in [3.8, 4) is 11.5 Å². The van der Waals surface area contributed by atoms with E-state index < -0.39 is 6.29 Å². The molecule has 0 radical (unpaired) electrons. The maximum atomic E-state index is 11.5. The van der Waals surface area contributed by atoms with Crippen LogP contribution in [0, 0.1) is 5.92 Å². The van der Waals surface area contributed by atoms with Crippen molar-refractivity contribution < 1.29 is 24.1 Å². The molecule has 2 aromatic rings. The van der Waals surface area contributed by atoms with Crippen LogP contribution in [0.5, 0.6) is 11.5 Å². The smallest absolute Gasteiger partial charge is 0.308 e. The third-order valence-electron chi connectivity index (χ3n) is 4.64. The average Bonchev–Trinajstić information content (AvgIpc) is 2.70. The molecule has 5 nitrogen and oxygen atoms in total. The van der Waals surface area contributed by atoms with E-state index in [0.717, 1.165) is 35.3 Å². The first-order chi connectivity index (χ1) is 13.5. The zero-order chi connectivity index (χ0) is 20.1. The minimum atomic E-state index is -1.02. The number of methoxy groups -OCH3 is 1. The summed E-state index contributed by atoms with van der Waals surface area (Å²) in [5.74, 6) is 1.14. The maximum Gasteiger partial charge on any atom is 0.308 e. The van der Waals surface area contributed by atoms with Gasteiger partial charge in [0.2, 0.25) is 6.29 Å². The van der Waals surface area contributed by atoms with Crippen LogP contribution in [0.1, 0.15) is 37.0 Å². The number of aryl methyl sites for hydroxylation is 1. The molecule has 2 aromatic carbocycles. The monoisotopic (exact) mass is 382 g/mol. The van der Waals surface area contributed by atoms with Crippen LogP contribution in [0.15, 0.2) is 42.5 Å². The van der Waals surface area contributed by atoms with Crippen LogP contribution in [0.4, 0.5) is 0 Å². The zero-order valence-electron chi connectivity index (χ0n) is 16.5. The molecule has 1 atom stereocenters. The number of ether oxygens (including phenoxy) is 3. The fourth-order valence-electron chi connectivity index (χ4n) is 3.00. The van der Waals surface area contributed by atoms with Crippen LogP contribution in [0.3, 0.4) is 0 Å². The predicted octanol–water partition coefficient (Wildman–Crippen LogP) is 4.08. The Morgan fingerprint density at radius 3 is 2.61 bits per heavy atom. The van der Waals surface area contributed by atoms with Crippen LogP contribution in [0.25, 0.3) is 11.6 Å². The molecule has 0 spiro atoms. The molecule has 0 saturated heterocycles. The summed E-state index contributed by atoms with van der Waals surface area (Å²) >= 11 is 0. The first-order valence-electron chi connectivity index (χ1n) is 9.48. The highest BCUT2D eigenvalue weighted by molar-refractivity contribution is 5.86. The van der Waals surface area contributed by atoms with Crippen LogP contribution in [-0.4, -0.2) is 31.1 Å². The van der Waals surface area contributed by atoms with E-state index in [0.29, 0.717) is 17.9 Å². The lowest BCUT2D eigenvalue weighted by Gasteiger charge is -2.24. The maximum absolute atomic E-state index is 11.5. The Bertz CT molecular complexity index is 852. The van der Waals surface area contributed by atoms with Gasteiger partial charge in [0.1, 0.15) is 11.5 Å². The molecule has 0 fully saturated rings. The number of carbonyl (C=O) groups excluding carboxylic acids is 1. The Hall–Kier alpha value is -2.79. The van der Waals surface area contributed by atoms with E-state index in [1.54, 1.807) is 7.11 Å². The Morgan fingerprint density at radius 1 is 1.18 bits per heavy atom. The summed E-state index contributed by atoms with van der Waals surface area (Å²) in [6, 6.07) is 13.5. The van der Waals surface area contributed by atoms with E-state index in [-0.39, 0.29) is 11.9 Å². The normalized spacial score (nSPS) is 15.5. The van der Waals surface area contributed by atoms with Crippen molar-refractivity contribution in [3.05, 3.63) is 59.2 Å². The first-order valence-corrected chi connectivity index (χ1v) is 9.48. The highest BCUT2D eigenvalue weighted by Crippen LogP contribution is 2.34. The van der Waals surface area contributed by atoms with Crippen molar-refractivity contribution >= 4 is 17.6 Å². The van der Waals surface area contributed by atoms with Gasteiger partial charge in [0, 0.05) is 11.1 Å². The summed E-state index contributed by atoms with van der Waals surface area (Å²) in [6.45, 7) is 4.05. The molecular weight excluding hydrogens is 356 g/mol. The third kappa shape index (κ3) is 4.73. The fraction of sp³-hybridized carbons (Fsp3) is 0.348. The van der Waals surface area contributed by atoms with E-state index in [4.69, 9.17) is 14.2 Å². The van der Waals surface area contributed by atoms with Gasteiger partial charge in [-0.05, 0) is 48.2 Å². The largest absolute Gasteiger partial charge is 0.497 e. The van der Waals surface area contributed by atoms with E-state index in [1.807, 2.05) is 62.4 Å². The van der Waals surface area contributed by atoms with E-state index in [9.17, 15) is 9.90 Å². The minimum Gasteiger partial charge on any atom is -0.497 e. The number of rotatable bonds is 7. The second-order valence-electron chi connectivity index (χ2n) is 7.10. The molecular formula is C23H26O5. The Balaban J connectivity index is 1.67. The van der Waals surface area contributed by atoms with Crippen molar-refractivity contribution in [2.75, 3.05) is 13.7 Å². The number of hydrogen-bond donors (Lipinski definition) is 1. The molecule has 5 heteroatoms. The summed E-state index contributed by atoms with van der Waals surface area (Å²) in [4.78, 5) is 11.5. The van der Waals surface area contributed by atoms with Gasteiger partial charge in [0.05, 0.1) is 19.6 Å². The van der Waals surface area contributed by atoms with E-state index in [2.05, 4.69) is 0 Å². The molecule has 3 rings (SSSR count). The molecule has 0 amide bonds. The molecule has 0 bridgehead atoms. The average molecular weight is 382 g/mol. The van der Waals surface area contributed by atoms with E-state index >= 15 is 0 Å². The van der Waals surface area contributed by atoms with E-state index in [1.165, 1.54) is 0 Å². The van der Waals surface area contributed by atoms with Crippen LogP contribution < -0.4 is 9.47 Å². The highest BCUT2D eigenvalue weighted by atomic mass is 16.6. The SMILES string of the molecule is COc1ccc(C2=Cc3ccc(CCCOC(=O)C(C)C)cc3OC2O)cc1. The van der Waals surface area contributed by atoms with Gasteiger partial charge in [-0.3, -0.25) is 4.79 Å². The standard InChI is InChI=1S/C23H26O5/c1-15(2)22(24)27-12-4-5-16-6-7-18-14-20(23(25)28-21(18)13-16)17-8-10-19(26-3)11-9-17/h6-11,13-15,23,25H,4-5,12H2,1-3H3. The number of aliphatic hydroxyl groups excluding tert-OH is 1. The second-order valence-corrected chi connectivity index (χ2v) is 7.10. The molecule has 1 heterocycles. The van der Waals surface area contributed by atoms with Crippen LogP contribution in [-0.2, 0) is 16.0 Å². The van der Waals surface area contributed by atoms with Gasteiger partial charge in [0.25, 0.3) is 0 Å². The third-order valence-corrected chi connectivity index (χ3v) is 4.64. The number of esters is 1. The van der Waals surface area contributed by atoms with Crippen LogP contribution >= 0.6 is 0 Å². The van der Waals surface area contributed by atoms with Gasteiger partial charge in [-0.2, -0.15) is 0 Å². The molecule has 0 aromatic heterocycles. The lowest BCUT2D eigenvalue weighted by molar-refractivity contribution is -0.147. The summed E-state index contributed by atoms with van der Waals surface area (Å²) in [5.41, 5.74) is 3.59. The van der Waals surface area contributed by atoms with Gasteiger partial charge in [0.15, 0.2) is 0 Å². The topological polar surface area (TPSA) is 65.0 Å². The number of hydrogen-bond acceptors (Lipinski definition) is 5. The lowest BCUT2D eigenvalue weighted by atomic mass is 9.98. The van der Waals surface area contributed by atoms with Crippen molar-refractivity contribution in [2.24, 2.45) is 5.92 Å². The molecule has 28 heavy (non-hydrogen) atoms. The second kappa shape index (κ2) is 8.93. The molecule has 148 valence electrons. The summed E-state index contributed by atoms with van der Waals surface area (Å²) in [7, 11) is 1.62. The minimum absolute atomic E-state index is 0.106. The molecule has 0 saturated carbocycles. The number of aliphatic hydroxyl groups is 1. The van der Waals surface area contributed by atoms with Crippen molar-refractivity contribution in [3.63, 3.8) is 0 Å². The summed E-state index contributed by atoms with van der Waals surface area (Å²) < 4.78 is 16.1. The summed E-state index contributed by atoms with van der Waals surface area (Å²) in [5, 5.41) is 10.4. The molecule has 1 N–H and O–H groups in total. The summed E-state index contributed by atoms with van der Waals surface area (Å²) in [6.07, 6.45) is 2.43. The van der Waals surface area contributed by atoms with Gasteiger partial charge in [-0.1, -0.05) is 38.1 Å². The number of carbonyl (C=O) groups is 1. The molecule has 0 aliphatic carbocycles. The van der Waals surface area contributed by atoms with Crippen LogP contribution in [0.2, 0.25) is 0 Å². The number of benzene rings is 2. The zero-order valence-corrected chi connectivity index (χ0v) is 16.5. The van der Waals surface area contributed by atoms with Gasteiger partial charge in [-0.15, -0.1) is 0 Å². The van der Waals surface area contributed by atoms with Gasteiger partial charge < -0.3 is 19.3 Å². The predicted molar refractivity (Wildman–Crippen MR) is 108 cm³/mol. The van der Waals surface area contributed by atoms with Crippen molar-refractivity contribution in [2.45, 2.75) is 33.0 Å². The fourth-order valence-corrected chi connectivity index (χ4v) is 3.00.